The second-order valence-electron chi connectivity index (χ2n) is 5.74. The molecule has 1 saturated carbocycles. The van der Waals surface area contributed by atoms with E-state index in [9.17, 15) is 0 Å². The molecule has 0 bridgehead atoms. The highest BCUT2D eigenvalue weighted by molar-refractivity contribution is 7.09. The van der Waals surface area contributed by atoms with E-state index in [4.69, 9.17) is 4.98 Å². The van der Waals surface area contributed by atoms with E-state index in [0.29, 0.717) is 5.92 Å². The van der Waals surface area contributed by atoms with Crippen LogP contribution in [0.3, 0.4) is 0 Å². The van der Waals surface area contributed by atoms with Gasteiger partial charge in [-0.3, -0.25) is 0 Å². The molecule has 1 aliphatic rings. The lowest BCUT2D eigenvalue weighted by Crippen LogP contribution is -2.39. The summed E-state index contributed by atoms with van der Waals surface area (Å²) < 4.78 is 0. The van der Waals surface area contributed by atoms with Gasteiger partial charge < -0.3 is 5.32 Å². The third-order valence-electron chi connectivity index (χ3n) is 3.55. The fraction of sp³-hybridized carbons (Fsp3) is 0.786. The molecule has 1 N–H and O–H groups in total. The van der Waals surface area contributed by atoms with Crippen molar-refractivity contribution in [2.24, 2.45) is 5.92 Å². The van der Waals surface area contributed by atoms with Crippen molar-refractivity contribution in [3.05, 3.63) is 16.1 Å². The summed E-state index contributed by atoms with van der Waals surface area (Å²) in [5.74, 6) is 1.46. The van der Waals surface area contributed by atoms with Crippen molar-refractivity contribution in [2.75, 3.05) is 6.54 Å². The van der Waals surface area contributed by atoms with Crippen LogP contribution in [0.1, 0.15) is 63.6 Å². The molecule has 0 saturated heterocycles. The minimum Gasteiger partial charge on any atom is -0.306 e. The highest BCUT2D eigenvalue weighted by Gasteiger charge is 2.36. The molecule has 2 rings (SSSR count). The van der Waals surface area contributed by atoms with E-state index in [1.165, 1.54) is 30.0 Å². The van der Waals surface area contributed by atoms with Crippen LogP contribution in [-0.4, -0.2) is 11.5 Å². The summed E-state index contributed by atoms with van der Waals surface area (Å²) in [6.07, 6.45) is 4.05. The number of aromatic nitrogens is 1. The highest BCUT2D eigenvalue weighted by atomic mass is 32.1. The Morgan fingerprint density at radius 1 is 1.53 bits per heavy atom. The summed E-state index contributed by atoms with van der Waals surface area (Å²) in [5, 5.41) is 7.14. The maximum absolute atomic E-state index is 4.84. The van der Waals surface area contributed by atoms with Gasteiger partial charge in [0.2, 0.25) is 0 Å². The minimum absolute atomic E-state index is 0.0910. The average molecular weight is 252 g/mol. The predicted molar refractivity (Wildman–Crippen MR) is 74.6 cm³/mol. The van der Waals surface area contributed by atoms with Gasteiger partial charge in [-0.15, -0.1) is 11.3 Å². The molecule has 0 aliphatic heterocycles. The molecule has 0 amide bonds. The second kappa shape index (κ2) is 5.07. The van der Waals surface area contributed by atoms with Crippen LogP contribution in [0.25, 0.3) is 0 Å². The van der Waals surface area contributed by atoms with Crippen molar-refractivity contribution >= 4 is 11.3 Å². The Balaban J connectivity index is 2.17. The maximum Gasteiger partial charge on any atom is 0.113 e. The molecular formula is C14H24N2S. The third-order valence-corrected chi connectivity index (χ3v) is 4.67. The largest absolute Gasteiger partial charge is 0.306 e. The van der Waals surface area contributed by atoms with Gasteiger partial charge in [-0.2, -0.15) is 0 Å². The minimum atomic E-state index is 0.0910. The van der Waals surface area contributed by atoms with Crippen molar-refractivity contribution in [3.8, 4) is 0 Å². The van der Waals surface area contributed by atoms with E-state index in [-0.39, 0.29) is 5.54 Å². The molecule has 1 heterocycles. The van der Waals surface area contributed by atoms with Crippen LogP contribution >= 0.6 is 11.3 Å². The molecule has 0 radical (unpaired) electrons. The van der Waals surface area contributed by atoms with Gasteiger partial charge in [-0.1, -0.05) is 33.6 Å². The standard InChI is InChI=1S/C14H24N2S/c1-5-15-14(4,8-11-6-7-11)13-16-12(9-17-13)10(2)3/h9-11,15H,5-8H2,1-4H3. The number of hydrogen-bond acceptors (Lipinski definition) is 3. The van der Waals surface area contributed by atoms with Gasteiger partial charge in [0, 0.05) is 5.38 Å². The topological polar surface area (TPSA) is 24.9 Å². The summed E-state index contributed by atoms with van der Waals surface area (Å²) in [5.41, 5.74) is 1.33. The molecule has 3 heteroatoms. The lowest BCUT2D eigenvalue weighted by molar-refractivity contribution is 0.328. The monoisotopic (exact) mass is 252 g/mol. The molecular weight excluding hydrogens is 228 g/mol. The Hall–Kier alpha value is -0.410. The zero-order valence-corrected chi connectivity index (χ0v) is 12.2. The summed E-state index contributed by atoms with van der Waals surface area (Å²) in [7, 11) is 0. The van der Waals surface area contributed by atoms with Crippen molar-refractivity contribution in [2.45, 2.75) is 58.4 Å². The van der Waals surface area contributed by atoms with Gasteiger partial charge >= 0.3 is 0 Å². The number of hydrogen-bond donors (Lipinski definition) is 1. The Morgan fingerprint density at radius 2 is 2.24 bits per heavy atom. The van der Waals surface area contributed by atoms with Gasteiger partial charge in [0.1, 0.15) is 5.01 Å². The quantitative estimate of drug-likeness (QED) is 0.831. The van der Waals surface area contributed by atoms with E-state index in [2.05, 4.69) is 38.4 Å². The van der Waals surface area contributed by atoms with E-state index in [1.807, 2.05) is 11.3 Å². The summed E-state index contributed by atoms with van der Waals surface area (Å²) in [6.45, 7) is 9.94. The summed E-state index contributed by atoms with van der Waals surface area (Å²) >= 11 is 1.82. The SMILES string of the molecule is CCNC(C)(CC1CC1)c1nc(C(C)C)cs1. The Bertz CT molecular complexity index is 368. The summed E-state index contributed by atoms with van der Waals surface area (Å²) in [6, 6.07) is 0. The van der Waals surface area contributed by atoms with Crippen molar-refractivity contribution < 1.29 is 0 Å². The number of nitrogens with zero attached hydrogens (tertiary/aromatic N) is 1. The van der Waals surface area contributed by atoms with E-state index < -0.39 is 0 Å². The second-order valence-corrected chi connectivity index (χ2v) is 6.60. The number of nitrogens with one attached hydrogen (secondary N) is 1. The van der Waals surface area contributed by atoms with Crippen molar-refractivity contribution in [3.63, 3.8) is 0 Å². The first kappa shape index (κ1) is 13.0. The molecule has 2 nitrogen and oxygen atoms in total. The fourth-order valence-electron chi connectivity index (χ4n) is 2.33. The number of thiazole rings is 1. The first-order chi connectivity index (χ1) is 8.05. The summed E-state index contributed by atoms with van der Waals surface area (Å²) in [4.78, 5) is 4.84. The lowest BCUT2D eigenvalue weighted by Gasteiger charge is -2.28. The molecule has 1 aromatic heterocycles. The average Bonchev–Trinajstić information content (AvgIpc) is 2.92. The molecule has 1 fully saturated rings. The first-order valence-corrected chi connectivity index (χ1v) is 7.64. The Kier molecular flexibility index (Phi) is 3.88. The smallest absolute Gasteiger partial charge is 0.113 e. The van der Waals surface area contributed by atoms with Crippen LogP contribution in [-0.2, 0) is 5.54 Å². The van der Waals surface area contributed by atoms with Crippen molar-refractivity contribution in [1.82, 2.24) is 10.3 Å². The van der Waals surface area contributed by atoms with Gasteiger partial charge in [0.15, 0.2) is 0 Å². The van der Waals surface area contributed by atoms with Crippen molar-refractivity contribution in [1.29, 1.82) is 0 Å². The molecule has 0 aromatic carbocycles. The maximum atomic E-state index is 4.84. The molecule has 17 heavy (non-hydrogen) atoms. The predicted octanol–water partition coefficient (Wildman–Crippen LogP) is 3.89. The zero-order valence-electron chi connectivity index (χ0n) is 11.4. The van der Waals surface area contributed by atoms with Crippen LogP contribution in [0, 0.1) is 5.92 Å². The first-order valence-electron chi connectivity index (χ1n) is 6.76. The molecule has 0 spiro atoms. The molecule has 1 atom stereocenters. The van der Waals surface area contributed by atoms with E-state index >= 15 is 0 Å². The molecule has 1 aromatic rings. The van der Waals surface area contributed by atoms with Gasteiger partial charge in [-0.25, -0.2) is 4.98 Å². The highest BCUT2D eigenvalue weighted by Crippen LogP contribution is 2.41. The van der Waals surface area contributed by atoms with Gasteiger partial charge in [-0.05, 0) is 31.7 Å². The fourth-order valence-corrected chi connectivity index (χ4v) is 3.46. The molecule has 96 valence electrons. The normalized spacial score (nSPS) is 19.6. The lowest BCUT2D eigenvalue weighted by atomic mass is 9.95. The van der Waals surface area contributed by atoms with Gasteiger partial charge in [0.05, 0.1) is 11.2 Å². The Morgan fingerprint density at radius 3 is 2.71 bits per heavy atom. The number of rotatable bonds is 6. The van der Waals surface area contributed by atoms with Crippen LogP contribution in [0.5, 0.6) is 0 Å². The van der Waals surface area contributed by atoms with Crippen LogP contribution in [0.15, 0.2) is 5.38 Å². The Labute approximate surface area is 109 Å². The zero-order chi connectivity index (χ0) is 12.5. The van der Waals surface area contributed by atoms with Gasteiger partial charge in [0.25, 0.3) is 0 Å². The molecule has 1 aliphatic carbocycles. The van der Waals surface area contributed by atoms with Crippen LogP contribution in [0.2, 0.25) is 0 Å². The van der Waals surface area contributed by atoms with Crippen LogP contribution in [0.4, 0.5) is 0 Å². The molecule has 1 unspecified atom stereocenters. The van der Waals surface area contributed by atoms with E-state index in [1.54, 1.807) is 0 Å². The third kappa shape index (κ3) is 3.08. The van der Waals surface area contributed by atoms with E-state index in [0.717, 1.165) is 12.5 Å². The van der Waals surface area contributed by atoms with Crippen LogP contribution < -0.4 is 5.32 Å².